The number of carbonyl (C=O) groups is 1. The molecule has 0 fully saturated rings. The number of nitrogens with zero attached hydrogens (tertiary/aromatic N) is 2. The van der Waals surface area contributed by atoms with Crippen LogP contribution in [0.1, 0.15) is 20.3 Å². The summed E-state index contributed by atoms with van der Waals surface area (Å²) in [7, 11) is 1.52. The molecule has 0 saturated heterocycles. The number of nitrogens with two attached hydrogens (primary N) is 1. The highest BCUT2D eigenvalue weighted by molar-refractivity contribution is 5.76. The van der Waals surface area contributed by atoms with Crippen LogP contribution in [0.15, 0.2) is 15.8 Å². The zero-order valence-electron chi connectivity index (χ0n) is 12.6. The van der Waals surface area contributed by atoms with Crippen LogP contribution in [-0.2, 0) is 22.6 Å². The average molecular weight is 298 g/mol. The van der Waals surface area contributed by atoms with Gasteiger partial charge in [-0.2, -0.15) is 0 Å². The van der Waals surface area contributed by atoms with E-state index in [0.29, 0.717) is 19.6 Å². The van der Waals surface area contributed by atoms with Gasteiger partial charge in [0, 0.05) is 25.9 Å². The highest BCUT2D eigenvalue weighted by Gasteiger charge is 2.14. The predicted molar refractivity (Wildman–Crippen MR) is 79.1 cm³/mol. The van der Waals surface area contributed by atoms with Gasteiger partial charge < -0.3 is 15.8 Å². The molecule has 0 radical (unpaired) electrons. The number of carbonyl (C=O) groups excluding carboxylic acids is 1. The first-order valence-corrected chi connectivity index (χ1v) is 6.78. The number of aromatic nitrogens is 2. The molecule has 0 aliphatic carbocycles. The van der Waals surface area contributed by atoms with Crippen molar-refractivity contribution in [1.82, 2.24) is 14.5 Å². The zero-order chi connectivity index (χ0) is 16.0. The third kappa shape index (κ3) is 4.45. The van der Waals surface area contributed by atoms with Gasteiger partial charge in [-0.15, -0.1) is 0 Å². The van der Waals surface area contributed by atoms with Gasteiger partial charge in [0.1, 0.15) is 12.2 Å². The Morgan fingerprint density at radius 2 is 2.14 bits per heavy atom. The van der Waals surface area contributed by atoms with Crippen molar-refractivity contribution in [2.75, 3.05) is 19.5 Å². The molecule has 8 nitrogen and oxygen atoms in total. The number of anilines is 1. The Balaban J connectivity index is 3.00. The van der Waals surface area contributed by atoms with Gasteiger partial charge >= 0.3 is 5.69 Å². The Bertz CT molecular complexity index is 605. The summed E-state index contributed by atoms with van der Waals surface area (Å²) in [5, 5.41) is 2.64. The maximum atomic E-state index is 12.1. The van der Waals surface area contributed by atoms with Crippen molar-refractivity contribution in [1.29, 1.82) is 0 Å². The van der Waals surface area contributed by atoms with Gasteiger partial charge in [0.15, 0.2) is 0 Å². The SMILES string of the molecule is CCCn1cc(N)c(=O)n(CC(=O)NC(C)COC)c1=O. The van der Waals surface area contributed by atoms with Gasteiger partial charge in [-0.05, 0) is 13.3 Å². The summed E-state index contributed by atoms with van der Waals surface area (Å²) in [5.41, 5.74) is 4.36. The fraction of sp³-hybridized carbons (Fsp3) is 0.615. The van der Waals surface area contributed by atoms with Crippen molar-refractivity contribution in [3.8, 4) is 0 Å². The monoisotopic (exact) mass is 298 g/mol. The van der Waals surface area contributed by atoms with E-state index in [2.05, 4.69) is 5.32 Å². The number of nitrogen functional groups attached to an aromatic ring is 1. The summed E-state index contributed by atoms with van der Waals surface area (Å²) in [6, 6.07) is -0.211. The summed E-state index contributed by atoms with van der Waals surface area (Å²) in [6.07, 6.45) is 2.03. The summed E-state index contributed by atoms with van der Waals surface area (Å²) >= 11 is 0. The van der Waals surface area contributed by atoms with Crippen molar-refractivity contribution in [2.45, 2.75) is 39.4 Å². The summed E-state index contributed by atoms with van der Waals surface area (Å²) in [4.78, 5) is 35.9. The lowest BCUT2D eigenvalue weighted by Gasteiger charge is -2.14. The Labute approximate surface area is 122 Å². The Kier molecular flexibility index (Phi) is 6.16. The molecule has 3 N–H and O–H groups in total. The minimum absolute atomic E-state index is 0.0548. The first kappa shape index (κ1) is 17.0. The molecule has 21 heavy (non-hydrogen) atoms. The van der Waals surface area contributed by atoms with E-state index in [1.54, 1.807) is 6.92 Å². The Morgan fingerprint density at radius 1 is 1.48 bits per heavy atom. The van der Waals surface area contributed by atoms with Crippen LogP contribution in [0.25, 0.3) is 0 Å². The molecule has 0 saturated carbocycles. The van der Waals surface area contributed by atoms with Gasteiger partial charge in [0.2, 0.25) is 5.91 Å². The summed E-state index contributed by atoms with van der Waals surface area (Å²) in [5.74, 6) is -0.438. The predicted octanol–water partition coefficient (Wildman–Crippen LogP) is -0.847. The number of amides is 1. The lowest BCUT2D eigenvalue weighted by molar-refractivity contribution is -0.122. The maximum Gasteiger partial charge on any atom is 0.331 e. The molecule has 0 bridgehead atoms. The van der Waals surface area contributed by atoms with E-state index < -0.39 is 17.2 Å². The molecule has 8 heteroatoms. The van der Waals surface area contributed by atoms with Crippen LogP contribution in [0.2, 0.25) is 0 Å². The molecule has 1 unspecified atom stereocenters. The van der Waals surface area contributed by atoms with Crippen molar-refractivity contribution in [2.24, 2.45) is 0 Å². The molecular formula is C13H22N4O4. The number of methoxy groups -OCH3 is 1. The molecule has 118 valence electrons. The van der Waals surface area contributed by atoms with Crippen LogP contribution in [0, 0.1) is 0 Å². The molecule has 1 heterocycles. The first-order valence-electron chi connectivity index (χ1n) is 6.78. The normalized spacial score (nSPS) is 12.1. The lowest BCUT2D eigenvalue weighted by atomic mass is 10.3. The van der Waals surface area contributed by atoms with Gasteiger partial charge in [-0.1, -0.05) is 6.92 Å². The van der Waals surface area contributed by atoms with Crippen molar-refractivity contribution in [3.05, 3.63) is 27.0 Å². The van der Waals surface area contributed by atoms with E-state index in [1.165, 1.54) is 17.9 Å². The van der Waals surface area contributed by atoms with Gasteiger partial charge in [-0.25, -0.2) is 9.36 Å². The molecular weight excluding hydrogens is 276 g/mol. The fourth-order valence-electron chi connectivity index (χ4n) is 1.97. The van der Waals surface area contributed by atoms with Crippen molar-refractivity contribution >= 4 is 11.6 Å². The van der Waals surface area contributed by atoms with Gasteiger partial charge in [-0.3, -0.25) is 14.2 Å². The molecule has 1 aromatic rings. The van der Waals surface area contributed by atoms with E-state index in [1.807, 2.05) is 6.92 Å². The number of rotatable bonds is 7. The quantitative estimate of drug-likeness (QED) is 0.682. The standard InChI is InChI=1S/C13H22N4O4/c1-4-5-16-6-10(14)12(19)17(13(16)20)7-11(18)15-9(2)8-21-3/h6,9H,4-5,7-8,14H2,1-3H3,(H,15,18). The molecule has 0 aliphatic rings. The molecule has 0 aliphatic heterocycles. The van der Waals surface area contributed by atoms with Crippen LogP contribution in [0.4, 0.5) is 5.69 Å². The zero-order valence-corrected chi connectivity index (χ0v) is 12.6. The van der Waals surface area contributed by atoms with Crippen LogP contribution < -0.4 is 22.3 Å². The van der Waals surface area contributed by atoms with E-state index in [9.17, 15) is 14.4 Å². The molecule has 1 amide bonds. The van der Waals surface area contributed by atoms with Crippen LogP contribution in [0.3, 0.4) is 0 Å². The van der Waals surface area contributed by atoms with E-state index in [4.69, 9.17) is 10.5 Å². The topological polar surface area (TPSA) is 108 Å². The maximum absolute atomic E-state index is 12.1. The number of hydrogen-bond acceptors (Lipinski definition) is 5. The number of nitrogens with one attached hydrogen (secondary N) is 1. The third-order valence-electron chi connectivity index (χ3n) is 2.85. The van der Waals surface area contributed by atoms with Crippen LogP contribution in [0.5, 0.6) is 0 Å². The lowest BCUT2D eigenvalue weighted by Crippen LogP contribution is -2.46. The highest BCUT2D eigenvalue weighted by atomic mass is 16.5. The Morgan fingerprint density at radius 3 is 2.71 bits per heavy atom. The molecule has 0 aromatic carbocycles. The van der Waals surface area contributed by atoms with Crippen LogP contribution in [-0.4, -0.2) is 34.8 Å². The van der Waals surface area contributed by atoms with Crippen molar-refractivity contribution < 1.29 is 9.53 Å². The van der Waals surface area contributed by atoms with Crippen LogP contribution >= 0.6 is 0 Å². The second-order valence-electron chi connectivity index (χ2n) is 4.88. The fourth-order valence-corrected chi connectivity index (χ4v) is 1.97. The summed E-state index contributed by atoms with van der Waals surface area (Å²) in [6.45, 7) is 4.08. The first-order chi connectivity index (χ1) is 9.90. The average Bonchev–Trinajstić information content (AvgIpc) is 2.41. The van der Waals surface area contributed by atoms with Gasteiger partial charge in [0.05, 0.1) is 6.61 Å². The smallest absolute Gasteiger partial charge is 0.331 e. The summed E-state index contributed by atoms with van der Waals surface area (Å²) < 4.78 is 7.09. The van der Waals surface area contributed by atoms with E-state index in [-0.39, 0.29) is 18.3 Å². The van der Waals surface area contributed by atoms with Crippen molar-refractivity contribution in [3.63, 3.8) is 0 Å². The molecule has 0 spiro atoms. The Hall–Kier alpha value is -2.09. The highest BCUT2D eigenvalue weighted by Crippen LogP contribution is 1.92. The minimum atomic E-state index is -0.651. The molecule has 1 rings (SSSR count). The minimum Gasteiger partial charge on any atom is -0.393 e. The van der Waals surface area contributed by atoms with Gasteiger partial charge in [0.25, 0.3) is 5.56 Å². The largest absolute Gasteiger partial charge is 0.393 e. The number of hydrogen-bond donors (Lipinski definition) is 2. The molecule has 1 atom stereocenters. The number of ether oxygens (including phenoxy) is 1. The second kappa shape index (κ2) is 7.63. The van der Waals surface area contributed by atoms with E-state index in [0.717, 1.165) is 4.57 Å². The third-order valence-corrected chi connectivity index (χ3v) is 2.85. The molecule has 1 aromatic heterocycles. The second-order valence-corrected chi connectivity index (χ2v) is 4.88. The van der Waals surface area contributed by atoms with E-state index >= 15 is 0 Å². The number of aryl methyl sites for hydroxylation is 1.